The summed E-state index contributed by atoms with van der Waals surface area (Å²) in [5.41, 5.74) is 1.90. The van der Waals surface area contributed by atoms with E-state index in [1.165, 1.54) is 0 Å². The molecule has 6 nitrogen and oxygen atoms in total. The Morgan fingerprint density at radius 2 is 2.13 bits per heavy atom. The molecule has 3 rings (SSSR count). The molecule has 23 heavy (non-hydrogen) atoms. The van der Waals surface area contributed by atoms with E-state index in [1.54, 1.807) is 16.9 Å². The van der Waals surface area contributed by atoms with Crippen LogP contribution in [-0.2, 0) is 6.54 Å². The first-order valence-electron chi connectivity index (χ1n) is 7.54. The lowest BCUT2D eigenvalue weighted by Gasteiger charge is -2.13. The van der Waals surface area contributed by atoms with Gasteiger partial charge in [0, 0.05) is 31.5 Å². The number of hydrogen-bond acceptors (Lipinski definition) is 5. The van der Waals surface area contributed by atoms with Crippen LogP contribution in [0.1, 0.15) is 19.4 Å². The number of hydrogen-bond donors (Lipinski definition) is 2. The summed E-state index contributed by atoms with van der Waals surface area (Å²) in [5, 5.41) is 11.1. The Morgan fingerprint density at radius 3 is 2.87 bits per heavy atom. The summed E-state index contributed by atoms with van der Waals surface area (Å²) in [6.45, 7) is 5.88. The molecular weight excluding hydrogens is 356 g/mol. The van der Waals surface area contributed by atoms with Crippen LogP contribution in [0.3, 0.4) is 0 Å². The molecule has 0 amide bonds. The highest BCUT2D eigenvalue weighted by atomic mass is 79.9. The average molecular weight is 375 g/mol. The van der Waals surface area contributed by atoms with E-state index in [1.807, 2.05) is 24.4 Å². The van der Waals surface area contributed by atoms with Crippen LogP contribution < -0.4 is 10.6 Å². The summed E-state index contributed by atoms with van der Waals surface area (Å²) in [5.74, 6) is 2.27. The van der Waals surface area contributed by atoms with Gasteiger partial charge in [-0.05, 0) is 33.5 Å². The summed E-state index contributed by atoms with van der Waals surface area (Å²) < 4.78 is 2.66. The lowest BCUT2D eigenvalue weighted by atomic mass is 10.2. The van der Waals surface area contributed by atoms with E-state index >= 15 is 0 Å². The van der Waals surface area contributed by atoms with Gasteiger partial charge in [-0.15, -0.1) is 0 Å². The van der Waals surface area contributed by atoms with Gasteiger partial charge in [-0.3, -0.25) is 4.98 Å². The first kappa shape index (κ1) is 15.7. The zero-order valence-corrected chi connectivity index (χ0v) is 14.7. The summed E-state index contributed by atoms with van der Waals surface area (Å²) in [6, 6.07) is 5.94. The third-order valence-electron chi connectivity index (χ3n) is 3.32. The van der Waals surface area contributed by atoms with E-state index in [0.29, 0.717) is 12.5 Å². The maximum atomic E-state index is 4.61. The fourth-order valence-corrected chi connectivity index (χ4v) is 2.50. The van der Waals surface area contributed by atoms with Crippen molar-refractivity contribution < 1.29 is 0 Å². The van der Waals surface area contributed by atoms with Gasteiger partial charge in [0.25, 0.3) is 0 Å². The molecule has 3 heterocycles. The molecule has 0 bridgehead atoms. The maximum absolute atomic E-state index is 4.61. The Kier molecular flexibility index (Phi) is 4.76. The van der Waals surface area contributed by atoms with Crippen molar-refractivity contribution >= 4 is 33.2 Å². The molecule has 0 aliphatic rings. The highest BCUT2D eigenvalue weighted by Gasteiger charge is 2.10. The SMILES string of the molecule is CC(C)CNc1cc(NCc2cccnc2)n2ncc(Br)c2n1. The van der Waals surface area contributed by atoms with Crippen LogP contribution in [0.5, 0.6) is 0 Å². The summed E-state index contributed by atoms with van der Waals surface area (Å²) in [6.07, 6.45) is 5.37. The van der Waals surface area contributed by atoms with Crippen molar-refractivity contribution in [1.82, 2.24) is 19.6 Å². The summed E-state index contributed by atoms with van der Waals surface area (Å²) in [4.78, 5) is 8.75. The Morgan fingerprint density at radius 1 is 1.26 bits per heavy atom. The predicted molar refractivity (Wildman–Crippen MR) is 95.6 cm³/mol. The molecule has 3 aromatic heterocycles. The molecule has 0 radical (unpaired) electrons. The van der Waals surface area contributed by atoms with E-state index in [-0.39, 0.29) is 0 Å². The van der Waals surface area contributed by atoms with Gasteiger partial charge in [-0.25, -0.2) is 4.98 Å². The normalized spacial score (nSPS) is 11.1. The lowest BCUT2D eigenvalue weighted by Crippen LogP contribution is -2.12. The van der Waals surface area contributed by atoms with Crippen LogP contribution in [0.25, 0.3) is 5.65 Å². The molecular formula is C16H19BrN6. The van der Waals surface area contributed by atoms with Crippen molar-refractivity contribution in [3.8, 4) is 0 Å². The van der Waals surface area contributed by atoms with Gasteiger partial charge in [0.05, 0.1) is 10.7 Å². The van der Waals surface area contributed by atoms with Crippen molar-refractivity contribution in [2.75, 3.05) is 17.2 Å². The lowest BCUT2D eigenvalue weighted by molar-refractivity contribution is 0.687. The standard InChI is InChI=1S/C16H19BrN6/c1-11(2)7-19-14-6-15(20-9-12-4-3-5-18-8-12)23-16(22-14)13(17)10-21-23/h3-6,8,10-11,20H,7,9H2,1-2H3,(H,19,22). The second-order valence-electron chi connectivity index (χ2n) is 5.74. The van der Waals surface area contributed by atoms with Crippen molar-refractivity contribution in [2.24, 2.45) is 5.92 Å². The molecule has 0 aliphatic carbocycles. The quantitative estimate of drug-likeness (QED) is 0.690. The largest absolute Gasteiger partial charge is 0.370 e. The van der Waals surface area contributed by atoms with Crippen LogP contribution in [0.4, 0.5) is 11.6 Å². The fourth-order valence-electron chi connectivity index (χ4n) is 2.16. The van der Waals surface area contributed by atoms with Gasteiger partial charge < -0.3 is 10.6 Å². The monoisotopic (exact) mass is 374 g/mol. The second kappa shape index (κ2) is 6.95. The molecule has 0 saturated carbocycles. The molecule has 120 valence electrons. The minimum atomic E-state index is 0.549. The smallest absolute Gasteiger partial charge is 0.173 e. The minimum Gasteiger partial charge on any atom is -0.370 e. The van der Waals surface area contributed by atoms with E-state index in [4.69, 9.17) is 0 Å². The molecule has 3 aromatic rings. The number of anilines is 2. The molecule has 0 atom stereocenters. The number of nitrogens with zero attached hydrogens (tertiary/aromatic N) is 4. The molecule has 0 unspecified atom stereocenters. The number of fused-ring (bicyclic) bond motifs is 1. The molecule has 0 fully saturated rings. The Balaban J connectivity index is 1.87. The van der Waals surface area contributed by atoms with Gasteiger partial charge in [-0.1, -0.05) is 19.9 Å². The predicted octanol–water partition coefficient (Wildman–Crippen LogP) is 3.57. The molecule has 0 aliphatic heterocycles. The molecule has 2 N–H and O–H groups in total. The summed E-state index contributed by atoms with van der Waals surface area (Å²) in [7, 11) is 0. The van der Waals surface area contributed by atoms with Crippen LogP contribution in [0.15, 0.2) is 41.3 Å². The summed E-state index contributed by atoms with van der Waals surface area (Å²) >= 11 is 3.50. The Labute approximate surface area is 143 Å². The van der Waals surface area contributed by atoms with Crippen molar-refractivity contribution in [3.63, 3.8) is 0 Å². The highest BCUT2D eigenvalue weighted by Crippen LogP contribution is 2.23. The van der Waals surface area contributed by atoms with Crippen molar-refractivity contribution in [3.05, 3.63) is 46.8 Å². The first-order valence-corrected chi connectivity index (χ1v) is 8.33. The van der Waals surface area contributed by atoms with Crippen molar-refractivity contribution in [2.45, 2.75) is 20.4 Å². The van der Waals surface area contributed by atoms with E-state index < -0.39 is 0 Å². The second-order valence-corrected chi connectivity index (χ2v) is 6.60. The number of nitrogens with one attached hydrogen (secondary N) is 2. The Hall–Kier alpha value is -2.15. The number of aromatic nitrogens is 4. The topological polar surface area (TPSA) is 67.1 Å². The molecule has 0 saturated heterocycles. The van der Waals surface area contributed by atoms with Crippen LogP contribution in [-0.4, -0.2) is 26.1 Å². The third kappa shape index (κ3) is 3.79. The highest BCUT2D eigenvalue weighted by molar-refractivity contribution is 9.10. The van der Waals surface area contributed by atoms with Crippen LogP contribution in [0.2, 0.25) is 0 Å². The minimum absolute atomic E-state index is 0.549. The van der Waals surface area contributed by atoms with E-state index in [0.717, 1.165) is 33.9 Å². The van der Waals surface area contributed by atoms with E-state index in [2.05, 4.69) is 55.5 Å². The zero-order valence-electron chi connectivity index (χ0n) is 13.1. The van der Waals surface area contributed by atoms with Crippen molar-refractivity contribution in [1.29, 1.82) is 0 Å². The average Bonchev–Trinajstić information content (AvgIpc) is 2.93. The van der Waals surface area contributed by atoms with Gasteiger partial charge in [0.15, 0.2) is 5.65 Å². The zero-order chi connectivity index (χ0) is 16.2. The molecule has 0 spiro atoms. The maximum Gasteiger partial charge on any atom is 0.173 e. The van der Waals surface area contributed by atoms with Gasteiger partial charge in [0.1, 0.15) is 11.6 Å². The number of halogens is 1. The van der Waals surface area contributed by atoms with Gasteiger partial charge in [-0.2, -0.15) is 9.61 Å². The number of pyridine rings is 1. The van der Waals surface area contributed by atoms with Gasteiger partial charge in [0.2, 0.25) is 0 Å². The van der Waals surface area contributed by atoms with Gasteiger partial charge >= 0.3 is 0 Å². The van der Waals surface area contributed by atoms with Crippen LogP contribution in [0, 0.1) is 5.92 Å². The Bertz CT molecular complexity index is 784. The first-order chi connectivity index (χ1) is 11.1. The third-order valence-corrected chi connectivity index (χ3v) is 3.88. The molecule has 0 aromatic carbocycles. The number of rotatable bonds is 6. The molecule has 7 heteroatoms. The fraction of sp³-hybridized carbons (Fsp3) is 0.312. The van der Waals surface area contributed by atoms with E-state index in [9.17, 15) is 0 Å². The van der Waals surface area contributed by atoms with Crippen LogP contribution >= 0.6 is 15.9 Å².